The van der Waals surface area contributed by atoms with Crippen molar-refractivity contribution in [1.82, 2.24) is 0 Å². The van der Waals surface area contributed by atoms with Gasteiger partial charge >= 0.3 is 0 Å². The highest BCUT2D eigenvalue weighted by molar-refractivity contribution is 7.99. The van der Waals surface area contributed by atoms with Crippen molar-refractivity contribution in [2.24, 2.45) is 0 Å². The Labute approximate surface area is 191 Å². The highest BCUT2D eigenvalue weighted by Crippen LogP contribution is 2.44. The van der Waals surface area contributed by atoms with E-state index in [1.165, 1.54) is 0 Å². The number of nitriles is 1. The van der Waals surface area contributed by atoms with Crippen LogP contribution in [0.5, 0.6) is 0 Å². The van der Waals surface area contributed by atoms with Crippen LogP contribution in [0.2, 0.25) is 0 Å². The van der Waals surface area contributed by atoms with Crippen LogP contribution in [-0.4, -0.2) is 17.9 Å². The molecule has 0 aromatic heterocycles. The van der Waals surface area contributed by atoms with Crippen LogP contribution >= 0.6 is 11.8 Å². The molecule has 2 aliphatic rings. The molecule has 5 rings (SSSR count). The predicted octanol–water partition coefficient (Wildman–Crippen LogP) is 5.86. The van der Waals surface area contributed by atoms with Crippen molar-refractivity contribution < 1.29 is 9.59 Å². The third-order valence-electron chi connectivity index (χ3n) is 6.00. The molecular weight excluding hydrogens is 418 g/mol. The van der Waals surface area contributed by atoms with E-state index in [9.17, 15) is 9.59 Å². The number of carbonyl (C=O) groups is 2. The molecular formula is C26H21N3O2S. The first-order chi connectivity index (χ1) is 15.6. The second kappa shape index (κ2) is 8.52. The van der Waals surface area contributed by atoms with Crippen LogP contribution in [0.25, 0.3) is 0 Å². The Bertz CT molecular complexity index is 1240. The van der Waals surface area contributed by atoms with E-state index in [0.717, 1.165) is 46.7 Å². The average Bonchev–Trinajstić information content (AvgIpc) is 3.31. The van der Waals surface area contributed by atoms with Gasteiger partial charge in [-0.05, 0) is 67.4 Å². The number of benzene rings is 3. The first-order valence-corrected chi connectivity index (χ1v) is 11.5. The van der Waals surface area contributed by atoms with Crippen molar-refractivity contribution in [3.05, 3.63) is 83.4 Å². The minimum Gasteiger partial charge on any atom is -0.322 e. The number of carbonyl (C=O) groups excluding carboxylic acids is 2. The summed E-state index contributed by atoms with van der Waals surface area (Å²) in [5.74, 6) is -0.190. The van der Waals surface area contributed by atoms with E-state index < -0.39 is 0 Å². The van der Waals surface area contributed by atoms with Gasteiger partial charge in [-0.25, -0.2) is 0 Å². The van der Waals surface area contributed by atoms with Crippen LogP contribution in [0.15, 0.2) is 76.5 Å². The number of hydrogen-bond acceptors (Lipinski definition) is 4. The van der Waals surface area contributed by atoms with Gasteiger partial charge in [0.15, 0.2) is 0 Å². The van der Waals surface area contributed by atoms with Crippen LogP contribution in [-0.2, 0) is 0 Å². The SMILES string of the molecule is N#Cc1ccc(C(=O)Nc2ccc3c(c2)Sc2ccccc2C(=O)N3C2CCCC2)cc1. The van der Waals surface area contributed by atoms with E-state index in [4.69, 9.17) is 5.26 Å². The molecule has 2 amide bonds. The summed E-state index contributed by atoms with van der Waals surface area (Å²) in [4.78, 5) is 30.1. The first kappa shape index (κ1) is 20.3. The maximum atomic E-state index is 13.5. The molecule has 1 saturated carbocycles. The molecule has 0 radical (unpaired) electrons. The number of nitrogens with one attached hydrogen (secondary N) is 1. The molecule has 1 aliphatic heterocycles. The van der Waals surface area contributed by atoms with Gasteiger partial charge in [0, 0.05) is 27.1 Å². The minimum atomic E-state index is -0.239. The summed E-state index contributed by atoms with van der Waals surface area (Å²) in [5.41, 5.74) is 3.30. The third kappa shape index (κ3) is 3.76. The standard InChI is InChI=1S/C26H21N3O2S/c27-16-17-9-11-18(12-10-17)25(30)28-19-13-14-22-24(15-19)32-23-8-4-3-7-21(23)26(31)29(22)20-5-1-2-6-20/h3-4,7-15,20H,1-2,5-6H2,(H,28,30). The first-order valence-electron chi connectivity index (χ1n) is 10.7. The summed E-state index contributed by atoms with van der Waals surface area (Å²) >= 11 is 1.56. The lowest BCUT2D eigenvalue weighted by atomic mass is 10.1. The lowest BCUT2D eigenvalue weighted by Crippen LogP contribution is -2.39. The van der Waals surface area contributed by atoms with Crippen LogP contribution in [0, 0.1) is 11.3 Å². The van der Waals surface area contributed by atoms with Gasteiger partial charge in [-0.1, -0.05) is 36.7 Å². The Morgan fingerprint density at radius 2 is 1.75 bits per heavy atom. The van der Waals surface area contributed by atoms with E-state index >= 15 is 0 Å². The molecule has 0 saturated heterocycles. The minimum absolute atomic E-state index is 0.0492. The molecule has 1 heterocycles. The number of fused-ring (bicyclic) bond motifs is 2. The Morgan fingerprint density at radius 1 is 1.00 bits per heavy atom. The van der Waals surface area contributed by atoms with Crippen LogP contribution < -0.4 is 10.2 Å². The maximum Gasteiger partial charge on any atom is 0.259 e. The van der Waals surface area contributed by atoms with E-state index in [-0.39, 0.29) is 17.9 Å². The molecule has 1 N–H and O–H groups in total. The van der Waals surface area contributed by atoms with Crippen LogP contribution in [0.3, 0.4) is 0 Å². The van der Waals surface area contributed by atoms with Gasteiger partial charge in [0.05, 0.1) is 22.9 Å². The number of anilines is 2. The topological polar surface area (TPSA) is 73.2 Å². The van der Waals surface area contributed by atoms with Gasteiger partial charge in [0.1, 0.15) is 0 Å². The largest absolute Gasteiger partial charge is 0.322 e. The fourth-order valence-corrected chi connectivity index (χ4v) is 5.49. The second-order valence-corrected chi connectivity index (χ2v) is 9.12. The average molecular weight is 440 g/mol. The lowest BCUT2D eigenvalue weighted by molar-refractivity contribution is 0.0972. The molecule has 1 fully saturated rings. The summed E-state index contributed by atoms with van der Waals surface area (Å²) in [6, 6.07) is 22.3. The summed E-state index contributed by atoms with van der Waals surface area (Å²) < 4.78 is 0. The molecule has 1 aliphatic carbocycles. The Morgan fingerprint density at radius 3 is 2.50 bits per heavy atom. The van der Waals surface area contributed by atoms with Crippen LogP contribution in [0.1, 0.15) is 52.0 Å². The van der Waals surface area contributed by atoms with Gasteiger partial charge in [-0.15, -0.1) is 0 Å². The zero-order chi connectivity index (χ0) is 22.1. The van der Waals surface area contributed by atoms with Gasteiger partial charge in [-0.3, -0.25) is 9.59 Å². The number of rotatable bonds is 3. The molecule has 0 spiro atoms. The summed E-state index contributed by atoms with van der Waals surface area (Å²) in [6.07, 6.45) is 4.29. The maximum absolute atomic E-state index is 13.5. The fraction of sp³-hybridized carbons (Fsp3) is 0.192. The predicted molar refractivity (Wildman–Crippen MR) is 125 cm³/mol. The number of amides is 2. The fourth-order valence-electron chi connectivity index (χ4n) is 4.39. The number of nitrogens with zero attached hydrogens (tertiary/aromatic N) is 2. The van der Waals surface area contributed by atoms with E-state index in [0.29, 0.717) is 16.8 Å². The van der Waals surface area contributed by atoms with Crippen molar-refractivity contribution in [2.75, 3.05) is 10.2 Å². The normalized spacial score (nSPS) is 15.5. The van der Waals surface area contributed by atoms with Gasteiger partial charge < -0.3 is 10.2 Å². The van der Waals surface area contributed by atoms with Crippen molar-refractivity contribution in [1.29, 1.82) is 5.26 Å². The summed E-state index contributed by atoms with van der Waals surface area (Å²) in [6.45, 7) is 0. The summed E-state index contributed by atoms with van der Waals surface area (Å²) in [5, 5.41) is 11.9. The van der Waals surface area contributed by atoms with E-state index in [1.807, 2.05) is 47.4 Å². The highest BCUT2D eigenvalue weighted by atomic mass is 32.2. The van der Waals surface area contributed by atoms with Gasteiger partial charge in [0.2, 0.25) is 0 Å². The third-order valence-corrected chi connectivity index (χ3v) is 7.12. The molecule has 158 valence electrons. The quantitative estimate of drug-likeness (QED) is 0.554. The van der Waals surface area contributed by atoms with E-state index in [2.05, 4.69) is 11.4 Å². The monoisotopic (exact) mass is 439 g/mol. The molecule has 32 heavy (non-hydrogen) atoms. The summed E-state index contributed by atoms with van der Waals surface area (Å²) in [7, 11) is 0. The number of hydrogen-bond donors (Lipinski definition) is 1. The zero-order valence-electron chi connectivity index (χ0n) is 17.4. The Balaban J connectivity index is 1.50. The molecule has 6 heteroatoms. The molecule has 5 nitrogen and oxygen atoms in total. The zero-order valence-corrected chi connectivity index (χ0v) is 18.2. The molecule has 3 aromatic rings. The molecule has 0 bridgehead atoms. The van der Waals surface area contributed by atoms with Crippen LogP contribution in [0.4, 0.5) is 11.4 Å². The van der Waals surface area contributed by atoms with Gasteiger partial charge in [0.25, 0.3) is 11.8 Å². The highest BCUT2D eigenvalue weighted by Gasteiger charge is 2.34. The molecule has 3 aromatic carbocycles. The van der Waals surface area contributed by atoms with Crippen molar-refractivity contribution in [2.45, 2.75) is 41.5 Å². The van der Waals surface area contributed by atoms with Gasteiger partial charge in [-0.2, -0.15) is 5.26 Å². The molecule has 0 atom stereocenters. The lowest BCUT2D eigenvalue weighted by Gasteiger charge is -2.29. The van der Waals surface area contributed by atoms with Crippen molar-refractivity contribution in [3.63, 3.8) is 0 Å². The Hall–Kier alpha value is -3.56. The van der Waals surface area contributed by atoms with E-state index in [1.54, 1.807) is 36.0 Å². The van der Waals surface area contributed by atoms with Crippen molar-refractivity contribution >= 4 is 35.0 Å². The van der Waals surface area contributed by atoms with Crippen molar-refractivity contribution in [3.8, 4) is 6.07 Å². The Kier molecular flexibility index (Phi) is 5.42. The molecule has 0 unspecified atom stereocenters. The smallest absolute Gasteiger partial charge is 0.259 e. The second-order valence-electron chi connectivity index (χ2n) is 8.04.